The van der Waals surface area contributed by atoms with Gasteiger partial charge in [-0.25, -0.2) is 19.6 Å². The number of rotatable bonds is 3. The number of nitrogens with one attached hydrogen (secondary N) is 1. The molecule has 1 rings (SSSR count). The van der Waals surface area contributed by atoms with Gasteiger partial charge in [-0.05, 0) is 20.8 Å². The Morgan fingerprint density at radius 3 is 2.33 bits per heavy atom. The molecule has 0 spiro atoms. The normalized spacial score (nSPS) is 12.6. The van der Waals surface area contributed by atoms with Gasteiger partial charge in [0.15, 0.2) is 6.04 Å². The maximum atomic E-state index is 11.5. The number of nitrogens with zero attached hydrogens (tertiary/aromatic N) is 2. The van der Waals surface area contributed by atoms with Crippen LogP contribution in [0, 0.1) is 0 Å². The van der Waals surface area contributed by atoms with Gasteiger partial charge >= 0.3 is 12.1 Å². The Morgan fingerprint density at radius 2 is 1.89 bits per heavy atom. The van der Waals surface area contributed by atoms with E-state index in [9.17, 15) is 9.59 Å². The van der Waals surface area contributed by atoms with Crippen molar-refractivity contribution in [3.63, 3.8) is 0 Å². The van der Waals surface area contributed by atoms with E-state index in [1.54, 1.807) is 20.8 Å². The molecule has 1 aromatic heterocycles. The second kappa shape index (κ2) is 5.44. The van der Waals surface area contributed by atoms with Gasteiger partial charge in [0.1, 0.15) is 11.9 Å². The van der Waals surface area contributed by atoms with E-state index in [0.717, 1.165) is 0 Å². The Hall–Kier alpha value is -2.18. The Bertz CT molecular complexity index is 428. The van der Waals surface area contributed by atoms with Crippen molar-refractivity contribution >= 4 is 12.1 Å². The molecule has 7 nitrogen and oxygen atoms in total. The van der Waals surface area contributed by atoms with Crippen LogP contribution in [0.2, 0.25) is 0 Å². The monoisotopic (exact) mass is 253 g/mol. The number of hydrogen-bond donors (Lipinski definition) is 2. The van der Waals surface area contributed by atoms with E-state index in [1.807, 2.05) is 0 Å². The Labute approximate surface area is 104 Å². The summed E-state index contributed by atoms with van der Waals surface area (Å²) in [6, 6.07) is -1.24. The zero-order valence-corrected chi connectivity index (χ0v) is 10.4. The molecular formula is C11H15N3O4. The topological polar surface area (TPSA) is 101 Å². The summed E-state index contributed by atoms with van der Waals surface area (Å²) in [5, 5.41) is 11.3. The minimum atomic E-state index is -1.24. The van der Waals surface area contributed by atoms with E-state index in [4.69, 9.17) is 9.84 Å². The number of carboxylic acids is 1. The predicted molar refractivity (Wildman–Crippen MR) is 61.8 cm³/mol. The second-order valence-corrected chi connectivity index (χ2v) is 4.59. The molecule has 2 N–H and O–H groups in total. The van der Waals surface area contributed by atoms with Crippen LogP contribution in [-0.4, -0.2) is 32.7 Å². The van der Waals surface area contributed by atoms with Gasteiger partial charge in [-0.15, -0.1) is 0 Å². The van der Waals surface area contributed by atoms with Crippen LogP contribution in [0.1, 0.15) is 32.4 Å². The quantitative estimate of drug-likeness (QED) is 0.837. The summed E-state index contributed by atoms with van der Waals surface area (Å²) in [7, 11) is 0. The van der Waals surface area contributed by atoms with Gasteiger partial charge in [0.05, 0.1) is 0 Å². The molecular weight excluding hydrogens is 238 g/mol. The van der Waals surface area contributed by atoms with Crippen LogP contribution in [0.4, 0.5) is 4.79 Å². The summed E-state index contributed by atoms with van der Waals surface area (Å²) in [6.07, 6.45) is 3.11. The molecule has 0 aromatic carbocycles. The van der Waals surface area contributed by atoms with Crippen LogP contribution in [-0.2, 0) is 9.53 Å². The highest BCUT2D eigenvalue weighted by Gasteiger charge is 2.25. The van der Waals surface area contributed by atoms with Gasteiger partial charge in [-0.3, -0.25) is 0 Å². The largest absolute Gasteiger partial charge is 0.479 e. The summed E-state index contributed by atoms with van der Waals surface area (Å²) in [4.78, 5) is 30.0. The van der Waals surface area contributed by atoms with Crippen LogP contribution >= 0.6 is 0 Å². The van der Waals surface area contributed by atoms with Gasteiger partial charge in [-0.1, -0.05) is 0 Å². The molecule has 98 valence electrons. The van der Waals surface area contributed by atoms with E-state index < -0.39 is 23.7 Å². The molecule has 0 radical (unpaired) electrons. The standard InChI is InChI=1S/C11H15N3O4/c1-11(2,3)18-10(17)14-8(9(15)16)7-4-12-6-13-5-7/h4-6,8H,1-3H3,(H,14,17)(H,15,16). The van der Waals surface area contributed by atoms with E-state index in [1.165, 1.54) is 18.7 Å². The fourth-order valence-electron chi connectivity index (χ4n) is 1.17. The lowest BCUT2D eigenvalue weighted by atomic mass is 10.1. The van der Waals surface area contributed by atoms with Crippen molar-refractivity contribution in [2.24, 2.45) is 0 Å². The summed E-state index contributed by atoms with van der Waals surface area (Å²) in [5.74, 6) is -1.21. The molecule has 1 unspecified atom stereocenters. The number of ether oxygens (including phenoxy) is 1. The van der Waals surface area contributed by atoms with Crippen molar-refractivity contribution in [2.75, 3.05) is 0 Å². The van der Waals surface area contributed by atoms with Gasteiger partial charge in [0, 0.05) is 18.0 Å². The predicted octanol–water partition coefficient (Wildman–Crippen LogP) is 1.13. The van der Waals surface area contributed by atoms with E-state index >= 15 is 0 Å². The zero-order chi connectivity index (χ0) is 13.8. The van der Waals surface area contributed by atoms with E-state index in [2.05, 4.69) is 15.3 Å². The Morgan fingerprint density at radius 1 is 1.33 bits per heavy atom. The van der Waals surface area contributed by atoms with Crippen molar-refractivity contribution < 1.29 is 19.4 Å². The molecule has 1 amide bonds. The molecule has 0 aliphatic rings. The fraction of sp³-hybridized carbons (Fsp3) is 0.455. The smallest absolute Gasteiger partial charge is 0.408 e. The number of carbonyl (C=O) groups excluding carboxylic acids is 1. The van der Waals surface area contributed by atoms with E-state index in [-0.39, 0.29) is 5.56 Å². The van der Waals surface area contributed by atoms with Crippen LogP contribution in [0.15, 0.2) is 18.7 Å². The highest BCUT2D eigenvalue weighted by atomic mass is 16.6. The molecule has 1 atom stereocenters. The minimum Gasteiger partial charge on any atom is -0.479 e. The first-order chi connectivity index (χ1) is 8.29. The molecule has 18 heavy (non-hydrogen) atoms. The summed E-state index contributed by atoms with van der Waals surface area (Å²) < 4.78 is 4.99. The number of aromatic nitrogens is 2. The summed E-state index contributed by atoms with van der Waals surface area (Å²) in [6.45, 7) is 5.07. The van der Waals surface area contributed by atoms with Gasteiger partial charge in [0.25, 0.3) is 0 Å². The molecule has 7 heteroatoms. The maximum Gasteiger partial charge on any atom is 0.408 e. The second-order valence-electron chi connectivity index (χ2n) is 4.59. The minimum absolute atomic E-state index is 0.274. The maximum absolute atomic E-state index is 11.5. The lowest BCUT2D eigenvalue weighted by molar-refractivity contribution is -0.139. The van der Waals surface area contributed by atoms with Crippen LogP contribution in [0.5, 0.6) is 0 Å². The van der Waals surface area contributed by atoms with E-state index in [0.29, 0.717) is 0 Å². The molecule has 0 saturated heterocycles. The Balaban J connectivity index is 2.77. The highest BCUT2D eigenvalue weighted by Crippen LogP contribution is 2.13. The van der Waals surface area contributed by atoms with Crippen LogP contribution in [0.25, 0.3) is 0 Å². The average Bonchev–Trinajstić information content (AvgIpc) is 2.24. The molecule has 0 aliphatic carbocycles. The average molecular weight is 253 g/mol. The van der Waals surface area contributed by atoms with Crippen molar-refractivity contribution in [1.29, 1.82) is 0 Å². The highest BCUT2D eigenvalue weighted by molar-refractivity contribution is 5.81. The molecule has 1 heterocycles. The fourth-order valence-corrected chi connectivity index (χ4v) is 1.17. The van der Waals surface area contributed by atoms with Crippen molar-refractivity contribution in [2.45, 2.75) is 32.4 Å². The number of hydrogen-bond acceptors (Lipinski definition) is 5. The Kier molecular flexibility index (Phi) is 4.19. The first kappa shape index (κ1) is 13.9. The van der Waals surface area contributed by atoms with Gasteiger partial charge in [-0.2, -0.15) is 0 Å². The lowest BCUT2D eigenvalue weighted by Crippen LogP contribution is -2.38. The number of aliphatic carboxylic acids is 1. The third kappa shape index (κ3) is 4.36. The molecule has 0 fully saturated rings. The number of carboxylic acid groups (broad SMARTS) is 1. The first-order valence-corrected chi connectivity index (χ1v) is 5.27. The zero-order valence-electron chi connectivity index (χ0n) is 10.4. The summed E-state index contributed by atoms with van der Waals surface area (Å²) >= 11 is 0. The third-order valence-electron chi connectivity index (χ3n) is 1.82. The first-order valence-electron chi connectivity index (χ1n) is 5.27. The van der Waals surface area contributed by atoms with Gasteiger partial charge in [0.2, 0.25) is 0 Å². The van der Waals surface area contributed by atoms with Crippen molar-refractivity contribution in [3.8, 4) is 0 Å². The lowest BCUT2D eigenvalue weighted by Gasteiger charge is -2.21. The summed E-state index contributed by atoms with van der Waals surface area (Å²) in [5.41, 5.74) is -0.420. The number of amides is 1. The molecule has 0 aliphatic heterocycles. The van der Waals surface area contributed by atoms with Crippen molar-refractivity contribution in [3.05, 3.63) is 24.3 Å². The van der Waals surface area contributed by atoms with Crippen LogP contribution in [0.3, 0.4) is 0 Å². The SMILES string of the molecule is CC(C)(C)OC(=O)NC(C(=O)O)c1cncnc1. The number of carbonyl (C=O) groups is 2. The van der Waals surface area contributed by atoms with Crippen molar-refractivity contribution in [1.82, 2.24) is 15.3 Å². The molecule has 0 saturated carbocycles. The molecule has 0 bridgehead atoms. The number of alkyl carbamates (subject to hydrolysis) is 1. The van der Waals surface area contributed by atoms with Crippen LogP contribution < -0.4 is 5.32 Å². The molecule has 1 aromatic rings. The van der Waals surface area contributed by atoms with Gasteiger partial charge < -0.3 is 15.2 Å². The third-order valence-corrected chi connectivity index (χ3v) is 1.82.